The predicted octanol–water partition coefficient (Wildman–Crippen LogP) is 1.36. The zero-order chi connectivity index (χ0) is 16.1. The maximum atomic E-state index is 12.3. The van der Waals surface area contributed by atoms with Crippen molar-refractivity contribution in [2.75, 3.05) is 19.6 Å². The van der Waals surface area contributed by atoms with Crippen molar-refractivity contribution < 1.29 is 9.59 Å². The van der Waals surface area contributed by atoms with Crippen LogP contribution in [-0.4, -0.2) is 54.6 Å². The summed E-state index contributed by atoms with van der Waals surface area (Å²) >= 11 is 0. The van der Waals surface area contributed by atoms with Crippen LogP contribution >= 0.6 is 0 Å². The molecule has 2 heterocycles. The van der Waals surface area contributed by atoms with Gasteiger partial charge in [-0.3, -0.25) is 4.79 Å². The topological polar surface area (TPSA) is 73.5 Å². The van der Waals surface area contributed by atoms with Crippen LogP contribution < -0.4 is 16.0 Å². The molecular formula is C17H30N4O2. The first-order valence-corrected chi connectivity index (χ1v) is 9.31. The predicted molar refractivity (Wildman–Crippen MR) is 89.2 cm³/mol. The van der Waals surface area contributed by atoms with E-state index in [4.69, 9.17) is 0 Å². The standard InChI is InChI=1S/C17H30N4O2/c22-16(15-7-4-10-18-15)19-14-8-11-21(12-9-14)17(23)20-13-5-2-1-3-6-13/h13-15,18H,1-12H2,(H,19,22)(H,20,23). The third-order valence-electron chi connectivity index (χ3n) is 5.44. The molecule has 3 fully saturated rings. The molecule has 1 unspecified atom stereocenters. The molecule has 2 saturated heterocycles. The lowest BCUT2D eigenvalue weighted by molar-refractivity contribution is -0.123. The SMILES string of the molecule is O=C(NC1CCN(C(=O)NC2CCCCC2)CC1)C1CCCN1. The van der Waals surface area contributed by atoms with Crippen molar-refractivity contribution in [1.29, 1.82) is 0 Å². The van der Waals surface area contributed by atoms with Gasteiger partial charge < -0.3 is 20.9 Å². The van der Waals surface area contributed by atoms with E-state index in [1.165, 1.54) is 19.3 Å². The lowest BCUT2D eigenvalue weighted by Gasteiger charge is -2.34. The molecule has 0 aromatic rings. The Bertz CT molecular complexity index is 409. The van der Waals surface area contributed by atoms with Gasteiger partial charge in [0.15, 0.2) is 0 Å². The molecule has 0 aromatic heterocycles. The first-order chi connectivity index (χ1) is 11.2. The van der Waals surface area contributed by atoms with E-state index in [1.54, 1.807) is 0 Å². The van der Waals surface area contributed by atoms with Gasteiger partial charge in [0, 0.05) is 25.2 Å². The van der Waals surface area contributed by atoms with Crippen LogP contribution in [0.1, 0.15) is 57.8 Å². The molecule has 130 valence electrons. The van der Waals surface area contributed by atoms with Gasteiger partial charge in [0.05, 0.1) is 6.04 Å². The molecule has 3 amide bonds. The minimum Gasteiger partial charge on any atom is -0.352 e. The fourth-order valence-corrected chi connectivity index (χ4v) is 3.95. The van der Waals surface area contributed by atoms with E-state index < -0.39 is 0 Å². The Morgan fingerprint density at radius 2 is 1.52 bits per heavy atom. The van der Waals surface area contributed by atoms with Gasteiger partial charge >= 0.3 is 6.03 Å². The van der Waals surface area contributed by atoms with Crippen molar-refractivity contribution in [2.45, 2.75) is 75.9 Å². The summed E-state index contributed by atoms with van der Waals surface area (Å²) in [5.41, 5.74) is 0. The van der Waals surface area contributed by atoms with Gasteiger partial charge in [-0.25, -0.2) is 4.79 Å². The number of carbonyl (C=O) groups excluding carboxylic acids is 2. The fourth-order valence-electron chi connectivity index (χ4n) is 3.95. The van der Waals surface area contributed by atoms with Crippen LogP contribution in [0.5, 0.6) is 0 Å². The van der Waals surface area contributed by atoms with Gasteiger partial charge in [0.25, 0.3) is 0 Å². The summed E-state index contributed by atoms with van der Waals surface area (Å²) in [4.78, 5) is 26.4. The average Bonchev–Trinajstić information content (AvgIpc) is 3.11. The zero-order valence-electron chi connectivity index (χ0n) is 14.0. The molecule has 6 nitrogen and oxygen atoms in total. The van der Waals surface area contributed by atoms with Crippen molar-refractivity contribution in [3.63, 3.8) is 0 Å². The maximum absolute atomic E-state index is 12.3. The van der Waals surface area contributed by atoms with Crippen molar-refractivity contribution in [3.05, 3.63) is 0 Å². The number of amides is 3. The van der Waals surface area contributed by atoms with E-state index >= 15 is 0 Å². The molecule has 2 aliphatic heterocycles. The highest BCUT2D eigenvalue weighted by molar-refractivity contribution is 5.82. The van der Waals surface area contributed by atoms with Crippen molar-refractivity contribution >= 4 is 11.9 Å². The van der Waals surface area contributed by atoms with E-state index in [-0.39, 0.29) is 24.0 Å². The van der Waals surface area contributed by atoms with Crippen LogP contribution in [0.25, 0.3) is 0 Å². The van der Waals surface area contributed by atoms with Crippen LogP contribution in [0.3, 0.4) is 0 Å². The molecule has 0 bridgehead atoms. The molecule has 3 N–H and O–H groups in total. The Morgan fingerprint density at radius 3 is 2.17 bits per heavy atom. The van der Waals surface area contributed by atoms with E-state index in [2.05, 4.69) is 16.0 Å². The van der Waals surface area contributed by atoms with Crippen LogP contribution in [0, 0.1) is 0 Å². The number of nitrogens with zero attached hydrogens (tertiary/aromatic N) is 1. The zero-order valence-corrected chi connectivity index (χ0v) is 14.0. The number of nitrogens with one attached hydrogen (secondary N) is 3. The van der Waals surface area contributed by atoms with E-state index in [0.717, 1.165) is 58.2 Å². The fraction of sp³-hybridized carbons (Fsp3) is 0.882. The summed E-state index contributed by atoms with van der Waals surface area (Å²) in [5.74, 6) is 0.132. The van der Waals surface area contributed by atoms with E-state index in [0.29, 0.717) is 6.04 Å². The number of rotatable bonds is 3. The van der Waals surface area contributed by atoms with E-state index in [9.17, 15) is 9.59 Å². The van der Waals surface area contributed by atoms with Gasteiger partial charge in [-0.05, 0) is 45.1 Å². The van der Waals surface area contributed by atoms with Gasteiger partial charge in [-0.15, -0.1) is 0 Å². The molecule has 1 saturated carbocycles. The summed E-state index contributed by atoms with van der Waals surface area (Å²) in [6.45, 7) is 2.42. The molecular weight excluding hydrogens is 292 g/mol. The second-order valence-electron chi connectivity index (χ2n) is 7.20. The number of piperidine rings is 1. The normalized spacial score (nSPS) is 27.0. The van der Waals surface area contributed by atoms with Crippen LogP contribution in [0.15, 0.2) is 0 Å². The Hall–Kier alpha value is -1.30. The lowest BCUT2D eigenvalue weighted by Crippen LogP contribution is -2.53. The molecule has 1 aliphatic carbocycles. The van der Waals surface area contributed by atoms with Crippen LogP contribution in [-0.2, 0) is 4.79 Å². The molecule has 0 spiro atoms. The number of urea groups is 1. The minimum atomic E-state index is -0.0115. The molecule has 3 rings (SSSR count). The Balaban J connectivity index is 1.37. The lowest BCUT2D eigenvalue weighted by atomic mass is 9.95. The highest BCUT2D eigenvalue weighted by atomic mass is 16.2. The largest absolute Gasteiger partial charge is 0.352 e. The van der Waals surface area contributed by atoms with Crippen LogP contribution in [0.2, 0.25) is 0 Å². The Labute approximate surface area is 138 Å². The molecule has 23 heavy (non-hydrogen) atoms. The van der Waals surface area contributed by atoms with Crippen molar-refractivity contribution in [3.8, 4) is 0 Å². The number of hydrogen-bond acceptors (Lipinski definition) is 3. The molecule has 0 aromatic carbocycles. The summed E-state index contributed by atoms with van der Waals surface area (Å²) in [7, 11) is 0. The van der Waals surface area contributed by atoms with Gasteiger partial charge in [0.2, 0.25) is 5.91 Å². The number of carbonyl (C=O) groups is 2. The third-order valence-corrected chi connectivity index (χ3v) is 5.44. The van der Waals surface area contributed by atoms with Crippen molar-refractivity contribution in [2.24, 2.45) is 0 Å². The maximum Gasteiger partial charge on any atom is 0.317 e. The second kappa shape index (κ2) is 7.99. The van der Waals surface area contributed by atoms with Gasteiger partial charge in [-0.1, -0.05) is 19.3 Å². The average molecular weight is 322 g/mol. The quantitative estimate of drug-likeness (QED) is 0.734. The number of likely N-dealkylation sites (tertiary alicyclic amines) is 1. The molecule has 1 atom stereocenters. The first kappa shape index (κ1) is 16.6. The minimum absolute atomic E-state index is 0.0115. The van der Waals surface area contributed by atoms with Crippen molar-refractivity contribution in [1.82, 2.24) is 20.9 Å². The summed E-state index contributed by atoms with van der Waals surface area (Å²) in [6, 6.07) is 0.646. The molecule has 0 radical (unpaired) electrons. The summed E-state index contributed by atoms with van der Waals surface area (Å²) < 4.78 is 0. The molecule has 3 aliphatic rings. The van der Waals surface area contributed by atoms with E-state index in [1.807, 2.05) is 4.90 Å². The van der Waals surface area contributed by atoms with Gasteiger partial charge in [-0.2, -0.15) is 0 Å². The number of hydrogen-bond donors (Lipinski definition) is 3. The monoisotopic (exact) mass is 322 g/mol. The third kappa shape index (κ3) is 4.59. The Morgan fingerprint density at radius 1 is 0.826 bits per heavy atom. The van der Waals surface area contributed by atoms with Gasteiger partial charge in [0.1, 0.15) is 0 Å². The highest BCUT2D eigenvalue weighted by Gasteiger charge is 2.28. The van der Waals surface area contributed by atoms with Crippen LogP contribution in [0.4, 0.5) is 4.79 Å². The Kier molecular flexibility index (Phi) is 5.75. The smallest absolute Gasteiger partial charge is 0.317 e. The highest BCUT2D eigenvalue weighted by Crippen LogP contribution is 2.18. The second-order valence-corrected chi connectivity index (χ2v) is 7.20. The summed E-state index contributed by atoms with van der Waals surface area (Å²) in [5, 5.41) is 9.55. The summed E-state index contributed by atoms with van der Waals surface area (Å²) in [6.07, 6.45) is 9.73. The first-order valence-electron chi connectivity index (χ1n) is 9.31. The molecule has 6 heteroatoms.